The number of ether oxygens (including phenoxy) is 1. The molecule has 0 aliphatic heterocycles. The van der Waals surface area contributed by atoms with Crippen molar-refractivity contribution in [2.75, 3.05) is 6.61 Å². The highest BCUT2D eigenvalue weighted by Crippen LogP contribution is 2.23. The van der Waals surface area contributed by atoms with Crippen LogP contribution in [-0.4, -0.2) is 35.2 Å². The van der Waals surface area contributed by atoms with Crippen molar-refractivity contribution in [2.24, 2.45) is 0 Å². The molecule has 1 aromatic carbocycles. The molecule has 2 aromatic rings. The van der Waals surface area contributed by atoms with Crippen LogP contribution in [0.1, 0.15) is 37.7 Å². The fourth-order valence-electron chi connectivity index (χ4n) is 2.10. The van der Waals surface area contributed by atoms with E-state index in [0.29, 0.717) is 16.0 Å². The minimum absolute atomic E-state index is 0.0373. The van der Waals surface area contributed by atoms with E-state index in [2.05, 4.69) is 5.32 Å². The molecule has 1 atom stereocenters. The fraction of sp³-hybridized carbons (Fsp3) is 0.412. The van der Waals surface area contributed by atoms with Gasteiger partial charge in [-0.15, -0.1) is 0 Å². The minimum atomic E-state index is -1.12. The van der Waals surface area contributed by atoms with Gasteiger partial charge in [0, 0.05) is 23.4 Å². The first-order valence-electron chi connectivity index (χ1n) is 7.52. The summed E-state index contributed by atoms with van der Waals surface area (Å²) >= 11 is 5.89. The molecule has 2 N–H and O–H groups in total. The molecule has 7 heteroatoms. The summed E-state index contributed by atoms with van der Waals surface area (Å²) in [7, 11) is 0. The quantitative estimate of drug-likeness (QED) is 0.830. The first-order valence-corrected chi connectivity index (χ1v) is 7.90. The molecule has 1 amide bonds. The van der Waals surface area contributed by atoms with Gasteiger partial charge in [0.2, 0.25) is 0 Å². The summed E-state index contributed by atoms with van der Waals surface area (Å²) in [5.74, 6) is -1.68. The maximum atomic E-state index is 12.2. The molecule has 0 spiro atoms. The lowest BCUT2D eigenvalue weighted by Crippen LogP contribution is -2.41. The van der Waals surface area contributed by atoms with E-state index in [0.717, 1.165) is 0 Å². The van der Waals surface area contributed by atoms with E-state index < -0.39 is 17.9 Å². The normalized spacial score (nSPS) is 13.0. The monoisotopic (exact) mass is 353 g/mol. The Morgan fingerprint density at radius 2 is 2.04 bits per heavy atom. The topological polar surface area (TPSA) is 88.8 Å². The molecule has 24 heavy (non-hydrogen) atoms. The van der Waals surface area contributed by atoms with Crippen molar-refractivity contribution in [1.82, 2.24) is 5.32 Å². The van der Waals surface area contributed by atoms with Gasteiger partial charge in [-0.1, -0.05) is 11.6 Å². The van der Waals surface area contributed by atoms with Crippen LogP contribution >= 0.6 is 11.6 Å². The van der Waals surface area contributed by atoms with Crippen LogP contribution in [-0.2, 0) is 9.53 Å². The highest BCUT2D eigenvalue weighted by molar-refractivity contribution is 6.31. The summed E-state index contributed by atoms with van der Waals surface area (Å²) in [6, 6.07) is 5.44. The molecule has 1 aromatic heterocycles. The number of amides is 1. The number of carbonyl (C=O) groups excluding carboxylic acids is 1. The van der Waals surface area contributed by atoms with E-state index in [1.807, 2.05) is 20.8 Å². The third-order valence-electron chi connectivity index (χ3n) is 3.25. The van der Waals surface area contributed by atoms with Crippen LogP contribution in [0.25, 0.3) is 11.0 Å². The standard InChI is InChI=1S/C17H20ClNO5/c1-17(2,3)23-7-6-12(16(21)22)19-15(20)14-9-10-8-11(18)4-5-13(10)24-14/h4-5,8-9,12H,6-7H2,1-3H3,(H,19,20)(H,21,22). The fourth-order valence-corrected chi connectivity index (χ4v) is 2.28. The van der Waals surface area contributed by atoms with E-state index in [9.17, 15) is 14.7 Å². The molecule has 2 rings (SSSR count). The summed E-state index contributed by atoms with van der Waals surface area (Å²) in [5, 5.41) is 12.9. The number of hydrogen-bond donors (Lipinski definition) is 2. The van der Waals surface area contributed by atoms with Crippen molar-refractivity contribution in [3.63, 3.8) is 0 Å². The number of carboxylic acids is 1. The van der Waals surface area contributed by atoms with Crippen molar-refractivity contribution in [1.29, 1.82) is 0 Å². The molecule has 0 aliphatic rings. The number of halogens is 1. The first kappa shape index (κ1) is 18.3. The van der Waals surface area contributed by atoms with E-state index >= 15 is 0 Å². The molecule has 0 bridgehead atoms. The van der Waals surface area contributed by atoms with Gasteiger partial charge in [-0.05, 0) is 45.0 Å². The van der Waals surface area contributed by atoms with Crippen LogP contribution in [0, 0.1) is 0 Å². The van der Waals surface area contributed by atoms with Gasteiger partial charge >= 0.3 is 5.97 Å². The Labute approximate surface area is 144 Å². The Hall–Kier alpha value is -2.05. The Kier molecular flexibility index (Phi) is 5.51. The molecule has 0 saturated carbocycles. The summed E-state index contributed by atoms with van der Waals surface area (Å²) in [6.07, 6.45) is 0.157. The number of furan rings is 1. The second kappa shape index (κ2) is 7.23. The first-order chi connectivity index (χ1) is 11.2. The third kappa shape index (κ3) is 4.97. The van der Waals surface area contributed by atoms with Gasteiger partial charge in [0.1, 0.15) is 11.6 Å². The van der Waals surface area contributed by atoms with Crippen molar-refractivity contribution < 1.29 is 23.8 Å². The van der Waals surface area contributed by atoms with Gasteiger partial charge in [-0.2, -0.15) is 0 Å². The van der Waals surface area contributed by atoms with Crippen LogP contribution in [0.3, 0.4) is 0 Å². The molecule has 6 nitrogen and oxygen atoms in total. The highest BCUT2D eigenvalue weighted by atomic mass is 35.5. The van der Waals surface area contributed by atoms with Gasteiger partial charge in [0.15, 0.2) is 5.76 Å². The largest absolute Gasteiger partial charge is 0.480 e. The van der Waals surface area contributed by atoms with E-state index in [-0.39, 0.29) is 24.4 Å². The highest BCUT2D eigenvalue weighted by Gasteiger charge is 2.23. The van der Waals surface area contributed by atoms with E-state index in [4.69, 9.17) is 20.8 Å². The molecule has 0 radical (unpaired) electrons. The minimum Gasteiger partial charge on any atom is -0.480 e. The second-order valence-electron chi connectivity index (χ2n) is 6.41. The lowest BCUT2D eigenvalue weighted by atomic mass is 10.1. The number of nitrogens with one attached hydrogen (secondary N) is 1. The third-order valence-corrected chi connectivity index (χ3v) is 3.48. The summed E-state index contributed by atoms with van der Waals surface area (Å²) in [5.41, 5.74) is 0.137. The number of hydrogen-bond acceptors (Lipinski definition) is 4. The Morgan fingerprint density at radius 3 is 2.67 bits per heavy atom. The maximum absolute atomic E-state index is 12.2. The average molecular weight is 354 g/mol. The van der Waals surface area contributed by atoms with Gasteiger partial charge in [0.25, 0.3) is 5.91 Å². The zero-order valence-corrected chi connectivity index (χ0v) is 14.5. The van der Waals surface area contributed by atoms with Gasteiger partial charge in [-0.3, -0.25) is 4.79 Å². The predicted octanol–water partition coefficient (Wildman–Crippen LogP) is 3.47. The van der Waals surface area contributed by atoms with Gasteiger partial charge in [0.05, 0.1) is 5.60 Å². The molecule has 0 saturated heterocycles. The molecule has 0 fully saturated rings. The summed E-state index contributed by atoms with van der Waals surface area (Å²) in [6.45, 7) is 5.85. The lowest BCUT2D eigenvalue weighted by Gasteiger charge is -2.21. The SMILES string of the molecule is CC(C)(C)OCCC(NC(=O)c1cc2cc(Cl)ccc2o1)C(=O)O. The second-order valence-corrected chi connectivity index (χ2v) is 6.84. The molecular weight excluding hydrogens is 334 g/mol. The molecule has 1 heterocycles. The van der Waals surface area contributed by atoms with Crippen molar-refractivity contribution in [3.05, 3.63) is 35.0 Å². The zero-order valence-electron chi connectivity index (χ0n) is 13.8. The number of benzene rings is 1. The van der Waals surface area contributed by atoms with Crippen LogP contribution in [0.4, 0.5) is 0 Å². The van der Waals surface area contributed by atoms with Crippen molar-refractivity contribution in [3.8, 4) is 0 Å². The van der Waals surface area contributed by atoms with E-state index in [1.54, 1.807) is 18.2 Å². The van der Waals surface area contributed by atoms with Gasteiger partial charge in [-0.25, -0.2) is 4.79 Å². The molecule has 130 valence electrons. The zero-order chi connectivity index (χ0) is 17.9. The van der Waals surface area contributed by atoms with E-state index in [1.165, 1.54) is 6.07 Å². The van der Waals surface area contributed by atoms with Crippen LogP contribution in [0.5, 0.6) is 0 Å². The Morgan fingerprint density at radius 1 is 1.33 bits per heavy atom. The number of aliphatic carboxylic acids is 1. The van der Waals surface area contributed by atoms with Crippen LogP contribution < -0.4 is 5.32 Å². The van der Waals surface area contributed by atoms with Crippen molar-refractivity contribution >= 4 is 34.4 Å². The number of rotatable bonds is 6. The Bertz CT molecular complexity index is 747. The number of fused-ring (bicyclic) bond motifs is 1. The summed E-state index contributed by atoms with van der Waals surface area (Å²) in [4.78, 5) is 23.6. The van der Waals surface area contributed by atoms with Gasteiger partial charge < -0.3 is 19.6 Å². The molecular formula is C17H20ClNO5. The smallest absolute Gasteiger partial charge is 0.326 e. The molecule has 1 unspecified atom stereocenters. The average Bonchev–Trinajstić information content (AvgIpc) is 2.87. The number of carbonyl (C=O) groups is 2. The summed E-state index contributed by atoms with van der Waals surface area (Å²) < 4.78 is 10.9. The predicted molar refractivity (Wildman–Crippen MR) is 90.4 cm³/mol. The lowest BCUT2D eigenvalue weighted by molar-refractivity contribution is -0.140. The Balaban J connectivity index is 2.04. The van der Waals surface area contributed by atoms with Crippen LogP contribution in [0.15, 0.2) is 28.7 Å². The number of carboxylic acid groups (broad SMARTS) is 1. The molecule has 0 aliphatic carbocycles. The van der Waals surface area contributed by atoms with Crippen LogP contribution in [0.2, 0.25) is 5.02 Å². The van der Waals surface area contributed by atoms with Crippen molar-refractivity contribution in [2.45, 2.75) is 38.8 Å². The maximum Gasteiger partial charge on any atom is 0.326 e.